The van der Waals surface area contributed by atoms with E-state index in [1.165, 1.54) is 25.9 Å². The van der Waals surface area contributed by atoms with E-state index in [-0.39, 0.29) is 24.0 Å². The van der Waals surface area contributed by atoms with Gasteiger partial charge in [-0.2, -0.15) is 0 Å². The lowest BCUT2D eigenvalue weighted by Crippen LogP contribution is -2.46. The Balaban J connectivity index is 0.00000392. The maximum absolute atomic E-state index is 5.73. The third-order valence-corrected chi connectivity index (χ3v) is 4.92. The molecule has 158 valence electrons. The number of aliphatic imine (C=N–C) groups is 1. The van der Waals surface area contributed by atoms with E-state index in [9.17, 15) is 0 Å². The first kappa shape index (κ1) is 24.8. The van der Waals surface area contributed by atoms with Gasteiger partial charge in [0.05, 0.1) is 6.54 Å². The molecule has 1 atom stereocenters. The molecule has 1 heterocycles. The van der Waals surface area contributed by atoms with Gasteiger partial charge in [0.2, 0.25) is 0 Å². The number of para-hydroxylation sites is 1. The standard InChI is InChI=1S/C22H36N4O.HI/c1-5-14-27-21-12-8-7-11-20(21)16-25-22(23-6-2)24-15-19-10-9-13-26(17-19)18(3)4;/h5,7-8,11-12,18-19H,1,6,9-10,13-17H2,2-4H3,(H2,23,24,25);1H. The molecular formula is C22H37IN4O. The molecule has 6 heteroatoms. The van der Waals surface area contributed by atoms with Crippen LogP contribution in [-0.2, 0) is 6.54 Å². The number of ether oxygens (including phenoxy) is 1. The minimum atomic E-state index is 0. The molecule has 1 saturated heterocycles. The maximum Gasteiger partial charge on any atom is 0.191 e. The quantitative estimate of drug-likeness (QED) is 0.233. The molecule has 1 aliphatic heterocycles. The van der Waals surface area contributed by atoms with Gasteiger partial charge in [-0.15, -0.1) is 24.0 Å². The van der Waals surface area contributed by atoms with Gasteiger partial charge in [0.15, 0.2) is 5.96 Å². The predicted molar refractivity (Wildman–Crippen MR) is 130 cm³/mol. The molecule has 0 amide bonds. The van der Waals surface area contributed by atoms with Gasteiger partial charge in [-0.3, -0.25) is 0 Å². The lowest BCUT2D eigenvalue weighted by molar-refractivity contribution is 0.141. The molecule has 1 aliphatic rings. The number of hydrogen-bond acceptors (Lipinski definition) is 3. The van der Waals surface area contributed by atoms with Gasteiger partial charge in [-0.1, -0.05) is 30.9 Å². The SMILES string of the molecule is C=CCOc1ccccc1CN=C(NCC)NCC1CCCN(C(C)C)C1.I. The Labute approximate surface area is 188 Å². The number of piperidine rings is 1. The van der Waals surface area contributed by atoms with Crippen molar-refractivity contribution in [3.63, 3.8) is 0 Å². The molecule has 0 aliphatic carbocycles. The van der Waals surface area contributed by atoms with Crippen molar-refractivity contribution in [1.29, 1.82) is 0 Å². The molecule has 1 aromatic carbocycles. The number of guanidine groups is 1. The molecule has 0 spiro atoms. The van der Waals surface area contributed by atoms with E-state index < -0.39 is 0 Å². The smallest absolute Gasteiger partial charge is 0.191 e. The number of likely N-dealkylation sites (tertiary alicyclic amines) is 1. The summed E-state index contributed by atoms with van der Waals surface area (Å²) in [5.74, 6) is 2.42. The number of rotatable bonds is 9. The van der Waals surface area contributed by atoms with E-state index in [2.05, 4.69) is 49.0 Å². The van der Waals surface area contributed by atoms with Gasteiger partial charge >= 0.3 is 0 Å². The Morgan fingerprint density at radius 1 is 1.36 bits per heavy atom. The van der Waals surface area contributed by atoms with E-state index >= 15 is 0 Å². The summed E-state index contributed by atoms with van der Waals surface area (Å²) < 4.78 is 5.73. The Morgan fingerprint density at radius 3 is 2.86 bits per heavy atom. The van der Waals surface area contributed by atoms with E-state index in [0.29, 0.717) is 25.1 Å². The van der Waals surface area contributed by atoms with Crippen molar-refractivity contribution < 1.29 is 4.74 Å². The summed E-state index contributed by atoms with van der Waals surface area (Å²) in [5.41, 5.74) is 1.08. The zero-order valence-corrected chi connectivity index (χ0v) is 19.9. The maximum atomic E-state index is 5.73. The zero-order valence-electron chi connectivity index (χ0n) is 17.6. The average Bonchev–Trinajstić information content (AvgIpc) is 2.69. The van der Waals surface area contributed by atoms with Crippen molar-refractivity contribution in [3.05, 3.63) is 42.5 Å². The van der Waals surface area contributed by atoms with Gasteiger partial charge in [-0.05, 0) is 52.1 Å². The summed E-state index contributed by atoms with van der Waals surface area (Å²) in [4.78, 5) is 7.34. The largest absolute Gasteiger partial charge is 0.489 e. The summed E-state index contributed by atoms with van der Waals surface area (Å²) in [6, 6.07) is 8.68. The first-order valence-electron chi connectivity index (χ1n) is 10.2. The molecule has 1 fully saturated rings. The van der Waals surface area contributed by atoms with Crippen LogP contribution in [0.25, 0.3) is 0 Å². The molecule has 0 aromatic heterocycles. The second-order valence-electron chi connectivity index (χ2n) is 7.38. The average molecular weight is 500 g/mol. The number of halogens is 1. The van der Waals surface area contributed by atoms with E-state index in [0.717, 1.165) is 30.4 Å². The predicted octanol–water partition coefficient (Wildman–Crippen LogP) is 4.04. The fourth-order valence-electron chi connectivity index (χ4n) is 3.40. The minimum Gasteiger partial charge on any atom is -0.489 e. The van der Waals surface area contributed by atoms with Crippen LogP contribution in [0.1, 0.15) is 39.2 Å². The number of nitrogens with one attached hydrogen (secondary N) is 2. The van der Waals surface area contributed by atoms with Gasteiger partial charge in [0.25, 0.3) is 0 Å². The van der Waals surface area contributed by atoms with Crippen molar-refractivity contribution in [2.24, 2.45) is 10.9 Å². The first-order valence-corrected chi connectivity index (χ1v) is 10.2. The Morgan fingerprint density at radius 2 is 2.14 bits per heavy atom. The summed E-state index contributed by atoms with van der Waals surface area (Å²) >= 11 is 0. The number of hydrogen-bond donors (Lipinski definition) is 2. The van der Waals surface area contributed by atoms with Crippen molar-refractivity contribution in [2.75, 3.05) is 32.8 Å². The van der Waals surface area contributed by atoms with Crippen molar-refractivity contribution in [2.45, 2.75) is 46.2 Å². The normalized spacial score (nSPS) is 17.7. The number of nitrogens with zero attached hydrogens (tertiary/aromatic N) is 2. The fraction of sp³-hybridized carbons (Fsp3) is 0.591. The van der Waals surface area contributed by atoms with Crippen LogP contribution in [0, 0.1) is 5.92 Å². The molecule has 2 rings (SSSR count). The van der Waals surface area contributed by atoms with Gasteiger partial charge in [0, 0.05) is 31.2 Å². The van der Waals surface area contributed by atoms with Crippen LogP contribution in [-0.4, -0.2) is 49.7 Å². The van der Waals surface area contributed by atoms with E-state index in [1.54, 1.807) is 6.08 Å². The summed E-state index contributed by atoms with van der Waals surface area (Å²) in [6.45, 7) is 15.7. The zero-order chi connectivity index (χ0) is 19.5. The molecule has 5 nitrogen and oxygen atoms in total. The van der Waals surface area contributed by atoms with Crippen LogP contribution < -0.4 is 15.4 Å². The second kappa shape index (κ2) is 13.8. The van der Waals surface area contributed by atoms with Crippen LogP contribution in [0.15, 0.2) is 41.9 Å². The van der Waals surface area contributed by atoms with Gasteiger partial charge in [-0.25, -0.2) is 4.99 Å². The highest BCUT2D eigenvalue weighted by atomic mass is 127. The van der Waals surface area contributed by atoms with Crippen molar-refractivity contribution in [3.8, 4) is 5.75 Å². The van der Waals surface area contributed by atoms with Crippen LogP contribution in [0.3, 0.4) is 0 Å². The lowest BCUT2D eigenvalue weighted by atomic mass is 9.97. The highest BCUT2D eigenvalue weighted by molar-refractivity contribution is 14.0. The molecular weight excluding hydrogens is 463 g/mol. The van der Waals surface area contributed by atoms with E-state index in [1.807, 2.05) is 18.2 Å². The number of benzene rings is 1. The summed E-state index contributed by atoms with van der Waals surface area (Å²) in [5, 5.41) is 6.90. The molecule has 1 aromatic rings. The topological polar surface area (TPSA) is 48.9 Å². The monoisotopic (exact) mass is 500 g/mol. The summed E-state index contributed by atoms with van der Waals surface area (Å²) in [6.07, 6.45) is 4.33. The van der Waals surface area contributed by atoms with Crippen molar-refractivity contribution >= 4 is 29.9 Å². The Hall–Kier alpha value is -1.28. The molecule has 0 radical (unpaired) electrons. The van der Waals surface area contributed by atoms with Gasteiger partial charge < -0.3 is 20.3 Å². The lowest BCUT2D eigenvalue weighted by Gasteiger charge is -2.35. The third-order valence-electron chi connectivity index (χ3n) is 4.92. The van der Waals surface area contributed by atoms with E-state index in [4.69, 9.17) is 9.73 Å². The Kier molecular flexibility index (Phi) is 12.2. The highest BCUT2D eigenvalue weighted by Gasteiger charge is 2.21. The molecule has 28 heavy (non-hydrogen) atoms. The third kappa shape index (κ3) is 8.39. The Bertz CT molecular complexity index is 606. The minimum absolute atomic E-state index is 0. The summed E-state index contributed by atoms with van der Waals surface area (Å²) in [7, 11) is 0. The fourth-order valence-corrected chi connectivity index (χ4v) is 3.40. The van der Waals surface area contributed by atoms with Gasteiger partial charge in [0.1, 0.15) is 12.4 Å². The van der Waals surface area contributed by atoms with Crippen LogP contribution in [0.5, 0.6) is 5.75 Å². The molecule has 0 bridgehead atoms. The van der Waals surface area contributed by atoms with Crippen LogP contribution in [0.4, 0.5) is 0 Å². The van der Waals surface area contributed by atoms with Crippen LogP contribution >= 0.6 is 24.0 Å². The molecule has 0 saturated carbocycles. The van der Waals surface area contributed by atoms with Crippen molar-refractivity contribution in [1.82, 2.24) is 15.5 Å². The molecule has 2 N–H and O–H groups in total. The highest BCUT2D eigenvalue weighted by Crippen LogP contribution is 2.19. The van der Waals surface area contributed by atoms with Crippen LogP contribution in [0.2, 0.25) is 0 Å². The molecule has 1 unspecified atom stereocenters. The first-order chi connectivity index (χ1) is 13.1. The second-order valence-corrected chi connectivity index (χ2v) is 7.38.